The minimum Gasteiger partial charge on any atom is -0.497 e. The number of rotatable bonds is 3. The van der Waals surface area contributed by atoms with E-state index in [-0.39, 0.29) is 17.7 Å². The van der Waals surface area contributed by atoms with Gasteiger partial charge in [0.1, 0.15) is 5.75 Å². The van der Waals surface area contributed by atoms with Crippen molar-refractivity contribution in [3.63, 3.8) is 0 Å². The number of fused-ring (bicyclic) bond motifs is 1. The fraction of sp³-hybridized carbons (Fsp3) is 0.240. The van der Waals surface area contributed by atoms with Crippen molar-refractivity contribution < 1.29 is 9.53 Å². The summed E-state index contributed by atoms with van der Waals surface area (Å²) in [7, 11) is 1.68. The molecule has 3 aromatic rings. The third kappa shape index (κ3) is 3.39. The van der Waals surface area contributed by atoms with Gasteiger partial charge in [-0.15, -0.1) is 11.3 Å². The van der Waals surface area contributed by atoms with Crippen molar-refractivity contribution in [3.05, 3.63) is 87.3 Å². The van der Waals surface area contributed by atoms with Crippen LogP contribution in [0.2, 0.25) is 0 Å². The predicted octanol–water partition coefficient (Wildman–Crippen LogP) is 6.04. The highest BCUT2D eigenvalue weighted by atomic mass is 32.1. The Balaban J connectivity index is 1.59. The second-order valence-corrected chi connectivity index (χ2v) is 9.21. The Morgan fingerprint density at radius 2 is 1.83 bits per heavy atom. The van der Waals surface area contributed by atoms with Gasteiger partial charge in [0.15, 0.2) is 5.78 Å². The summed E-state index contributed by atoms with van der Waals surface area (Å²) in [6.45, 7) is 2.11. The minimum absolute atomic E-state index is 0.131. The van der Waals surface area contributed by atoms with Crippen LogP contribution in [0.25, 0.3) is 0 Å². The molecule has 0 saturated carbocycles. The van der Waals surface area contributed by atoms with Crippen molar-refractivity contribution in [1.29, 1.82) is 0 Å². The smallest absolute Gasteiger partial charge is 0.163 e. The lowest BCUT2D eigenvalue weighted by atomic mass is 9.79. The summed E-state index contributed by atoms with van der Waals surface area (Å²) < 4.78 is 5.40. The van der Waals surface area contributed by atoms with Gasteiger partial charge in [0, 0.05) is 27.4 Å². The maximum absolute atomic E-state index is 13.5. The molecular formula is C25H24N2O2S. The SMILES string of the molecule is COc1cccc(C2CC(=O)C3=C(C2)Nc2ccccc2NC3c2ccc(C)s2)c1. The van der Waals surface area contributed by atoms with Crippen molar-refractivity contribution in [1.82, 2.24) is 0 Å². The predicted molar refractivity (Wildman–Crippen MR) is 122 cm³/mol. The molecule has 0 radical (unpaired) electrons. The number of carbonyl (C=O) groups is 1. The number of thiophene rings is 1. The highest BCUT2D eigenvalue weighted by molar-refractivity contribution is 7.12. The number of hydrogen-bond acceptors (Lipinski definition) is 5. The molecule has 2 heterocycles. The highest BCUT2D eigenvalue weighted by Crippen LogP contribution is 2.45. The monoisotopic (exact) mass is 416 g/mol. The summed E-state index contributed by atoms with van der Waals surface area (Å²) >= 11 is 1.74. The second kappa shape index (κ2) is 7.65. The second-order valence-electron chi connectivity index (χ2n) is 7.89. The summed E-state index contributed by atoms with van der Waals surface area (Å²) in [5.41, 5.74) is 5.07. The Kier molecular flexibility index (Phi) is 4.83. The topological polar surface area (TPSA) is 50.4 Å². The van der Waals surface area contributed by atoms with Gasteiger partial charge in [0.2, 0.25) is 0 Å². The van der Waals surface area contributed by atoms with Crippen molar-refractivity contribution >= 4 is 28.5 Å². The van der Waals surface area contributed by atoms with Gasteiger partial charge in [0.25, 0.3) is 0 Å². The van der Waals surface area contributed by atoms with E-state index in [9.17, 15) is 4.79 Å². The average Bonchev–Trinajstić information content (AvgIpc) is 3.11. The summed E-state index contributed by atoms with van der Waals surface area (Å²) in [6.07, 6.45) is 1.30. The molecule has 1 aliphatic carbocycles. The number of anilines is 2. The zero-order valence-electron chi connectivity index (χ0n) is 17.1. The van der Waals surface area contributed by atoms with Gasteiger partial charge < -0.3 is 15.4 Å². The summed E-state index contributed by atoms with van der Waals surface area (Å²) in [5.74, 6) is 1.16. The maximum Gasteiger partial charge on any atom is 0.163 e. The fourth-order valence-electron chi connectivity index (χ4n) is 4.45. The molecule has 0 saturated heterocycles. The molecule has 2 atom stereocenters. The van der Waals surface area contributed by atoms with Crippen LogP contribution in [0.5, 0.6) is 5.75 Å². The lowest BCUT2D eigenvalue weighted by Gasteiger charge is -2.29. The average molecular weight is 417 g/mol. The molecule has 5 heteroatoms. The van der Waals surface area contributed by atoms with E-state index in [4.69, 9.17) is 4.74 Å². The van der Waals surface area contributed by atoms with Gasteiger partial charge in [-0.25, -0.2) is 0 Å². The van der Waals surface area contributed by atoms with Crippen LogP contribution in [-0.4, -0.2) is 12.9 Å². The van der Waals surface area contributed by atoms with E-state index < -0.39 is 0 Å². The number of para-hydroxylation sites is 2. The first-order valence-corrected chi connectivity index (χ1v) is 11.0. The number of carbonyl (C=O) groups excluding carboxylic acids is 1. The van der Waals surface area contributed by atoms with Crippen LogP contribution in [0.15, 0.2) is 71.9 Å². The number of allylic oxidation sites excluding steroid dienone is 1. The maximum atomic E-state index is 13.5. The zero-order chi connectivity index (χ0) is 20.7. The number of Topliss-reactive ketones (excluding diaryl/α,β-unsaturated/α-hetero) is 1. The molecule has 0 bridgehead atoms. The molecular weight excluding hydrogens is 392 g/mol. The van der Waals surface area contributed by atoms with Crippen molar-refractivity contribution in [2.24, 2.45) is 0 Å². The largest absolute Gasteiger partial charge is 0.497 e. The van der Waals surface area contributed by atoms with E-state index in [0.717, 1.165) is 40.4 Å². The molecule has 2 aliphatic rings. The Labute approximate surface area is 180 Å². The molecule has 4 nitrogen and oxygen atoms in total. The lowest BCUT2D eigenvalue weighted by Crippen LogP contribution is -2.26. The van der Waals surface area contributed by atoms with Gasteiger partial charge in [-0.3, -0.25) is 4.79 Å². The van der Waals surface area contributed by atoms with Crippen molar-refractivity contribution in [2.45, 2.75) is 31.7 Å². The molecule has 2 N–H and O–H groups in total. The van der Waals surface area contributed by atoms with Crippen LogP contribution >= 0.6 is 11.3 Å². The molecule has 0 amide bonds. The number of methoxy groups -OCH3 is 1. The molecule has 30 heavy (non-hydrogen) atoms. The summed E-state index contributed by atoms with van der Waals surface area (Å²) in [6, 6.07) is 20.4. The first kappa shape index (κ1) is 18.9. The van der Waals surface area contributed by atoms with Crippen LogP contribution in [0, 0.1) is 6.92 Å². The van der Waals surface area contributed by atoms with Crippen LogP contribution in [-0.2, 0) is 4.79 Å². The molecule has 0 fully saturated rings. The Bertz CT molecular complexity index is 1150. The molecule has 0 spiro atoms. The van der Waals surface area contributed by atoms with E-state index in [1.807, 2.05) is 30.3 Å². The molecule has 1 aliphatic heterocycles. The van der Waals surface area contributed by atoms with Gasteiger partial charge in [-0.1, -0.05) is 24.3 Å². The van der Waals surface area contributed by atoms with E-state index in [2.05, 4.69) is 47.9 Å². The van der Waals surface area contributed by atoms with E-state index in [1.54, 1.807) is 18.4 Å². The zero-order valence-corrected chi connectivity index (χ0v) is 17.9. The third-order valence-corrected chi connectivity index (χ3v) is 6.99. The molecule has 5 rings (SSSR count). The third-order valence-electron chi connectivity index (χ3n) is 5.92. The summed E-state index contributed by atoms with van der Waals surface area (Å²) in [4.78, 5) is 15.9. The van der Waals surface area contributed by atoms with Crippen LogP contribution in [0.3, 0.4) is 0 Å². The van der Waals surface area contributed by atoms with E-state index in [0.29, 0.717) is 6.42 Å². The number of aryl methyl sites for hydroxylation is 1. The van der Waals surface area contributed by atoms with Crippen molar-refractivity contribution in [3.8, 4) is 5.75 Å². The number of ketones is 1. The number of benzene rings is 2. The number of ether oxygens (including phenoxy) is 1. The quantitative estimate of drug-likeness (QED) is 0.546. The molecule has 152 valence electrons. The first-order chi connectivity index (χ1) is 14.6. The van der Waals surface area contributed by atoms with Gasteiger partial charge >= 0.3 is 0 Å². The normalized spacial score (nSPS) is 20.5. The lowest BCUT2D eigenvalue weighted by molar-refractivity contribution is -0.116. The Hall–Kier alpha value is -3.05. The number of hydrogen-bond donors (Lipinski definition) is 2. The van der Waals surface area contributed by atoms with E-state index >= 15 is 0 Å². The summed E-state index contributed by atoms with van der Waals surface area (Å²) in [5, 5.41) is 7.24. The standard InChI is InChI=1S/C25H24N2O2S/c1-15-10-11-23(30-15)25-24-21(26-19-8-3-4-9-20(19)27-25)13-17(14-22(24)28)16-6-5-7-18(12-16)29-2/h3-12,17,25-27H,13-14H2,1-2H3. The van der Waals surface area contributed by atoms with Crippen LogP contribution in [0.4, 0.5) is 11.4 Å². The van der Waals surface area contributed by atoms with Crippen LogP contribution in [0.1, 0.15) is 40.1 Å². The Morgan fingerprint density at radius 1 is 1.00 bits per heavy atom. The van der Waals surface area contributed by atoms with Gasteiger partial charge in [-0.05, 0) is 61.2 Å². The highest BCUT2D eigenvalue weighted by Gasteiger charge is 2.36. The van der Waals surface area contributed by atoms with Gasteiger partial charge in [0.05, 0.1) is 24.5 Å². The van der Waals surface area contributed by atoms with E-state index in [1.165, 1.54) is 9.75 Å². The van der Waals surface area contributed by atoms with Gasteiger partial charge in [-0.2, -0.15) is 0 Å². The minimum atomic E-state index is -0.131. The molecule has 2 aromatic carbocycles. The van der Waals surface area contributed by atoms with Crippen molar-refractivity contribution in [2.75, 3.05) is 17.7 Å². The molecule has 1 aromatic heterocycles. The first-order valence-electron chi connectivity index (χ1n) is 10.2. The Morgan fingerprint density at radius 3 is 2.60 bits per heavy atom. The molecule has 2 unspecified atom stereocenters. The van der Waals surface area contributed by atoms with Crippen LogP contribution < -0.4 is 15.4 Å². The number of nitrogens with one attached hydrogen (secondary N) is 2. The fourth-order valence-corrected chi connectivity index (χ4v) is 5.38.